The predicted molar refractivity (Wildman–Crippen MR) is 96.2 cm³/mol. The third kappa shape index (κ3) is 4.60. The van der Waals surface area contributed by atoms with Crippen molar-refractivity contribution in [1.82, 2.24) is 5.32 Å². The van der Waals surface area contributed by atoms with Crippen LogP contribution in [-0.2, 0) is 12.0 Å². The smallest absolute Gasteiger partial charge is 0.0231 e. The van der Waals surface area contributed by atoms with Crippen molar-refractivity contribution in [3.8, 4) is 0 Å². The minimum absolute atomic E-state index is 0.209. The van der Waals surface area contributed by atoms with Crippen molar-refractivity contribution in [3.05, 3.63) is 58.1 Å². The molecule has 0 aliphatic carbocycles. The normalized spacial score (nSPS) is 11.7. The van der Waals surface area contributed by atoms with E-state index in [0.29, 0.717) is 0 Å². The SMILES string of the molecule is CNCc1ccc(Sc2ccc(C(C)(C)C)cc2)cc1Br. The molecule has 2 aromatic carbocycles. The van der Waals surface area contributed by atoms with Gasteiger partial charge in [0, 0.05) is 20.8 Å². The van der Waals surface area contributed by atoms with Gasteiger partial charge in [-0.1, -0.05) is 66.7 Å². The van der Waals surface area contributed by atoms with Crippen molar-refractivity contribution >= 4 is 27.7 Å². The van der Waals surface area contributed by atoms with E-state index in [9.17, 15) is 0 Å². The third-order valence-electron chi connectivity index (χ3n) is 3.35. The van der Waals surface area contributed by atoms with Gasteiger partial charge in [0.15, 0.2) is 0 Å². The fourth-order valence-electron chi connectivity index (χ4n) is 2.08. The zero-order valence-electron chi connectivity index (χ0n) is 13.0. The lowest BCUT2D eigenvalue weighted by molar-refractivity contribution is 0.590. The van der Waals surface area contributed by atoms with Gasteiger partial charge in [-0.05, 0) is 47.9 Å². The summed E-state index contributed by atoms with van der Waals surface area (Å²) in [5.74, 6) is 0. The van der Waals surface area contributed by atoms with E-state index in [1.807, 2.05) is 7.05 Å². The van der Waals surface area contributed by atoms with Gasteiger partial charge < -0.3 is 5.32 Å². The first-order chi connectivity index (χ1) is 9.90. The Labute approximate surface area is 140 Å². The molecular formula is C18H22BrNS. The van der Waals surface area contributed by atoms with Crippen molar-refractivity contribution in [1.29, 1.82) is 0 Å². The molecule has 0 saturated heterocycles. The fourth-order valence-corrected chi connectivity index (χ4v) is 3.61. The van der Waals surface area contributed by atoms with Crippen molar-refractivity contribution in [2.24, 2.45) is 0 Å². The lowest BCUT2D eigenvalue weighted by Crippen LogP contribution is -2.10. The molecule has 0 radical (unpaired) electrons. The van der Waals surface area contributed by atoms with Gasteiger partial charge in [0.2, 0.25) is 0 Å². The topological polar surface area (TPSA) is 12.0 Å². The van der Waals surface area contributed by atoms with E-state index in [1.165, 1.54) is 20.9 Å². The van der Waals surface area contributed by atoms with E-state index in [4.69, 9.17) is 0 Å². The van der Waals surface area contributed by atoms with Crippen LogP contribution in [0.5, 0.6) is 0 Å². The Morgan fingerprint density at radius 2 is 1.62 bits per heavy atom. The second kappa shape index (κ2) is 6.99. The molecule has 0 aromatic heterocycles. The molecule has 0 bridgehead atoms. The summed E-state index contributed by atoms with van der Waals surface area (Å²) in [7, 11) is 1.96. The Kier molecular flexibility index (Phi) is 5.53. The molecule has 0 amide bonds. The first-order valence-corrected chi connectivity index (χ1v) is 8.72. The molecule has 0 aliphatic rings. The highest BCUT2D eigenvalue weighted by atomic mass is 79.9. The number of nitrogens with one attached hydrogen (secondary N) is 1. The van der Waals surface area contributed by atoms with Crippen molar-refractivity contribution in [3.63, 3.8) is 0 Å². The Morgan fingerprint density at radius 3 is 2.14 bits per heavy atom. The number of hydrogen-bond acceptors (Lipinski definition) is 2. The first-order valence-electron chi connectivity index (χ1n) is 7.11. The fraction of sp³-hybridized carbons (Fsp3) is 0.333. The molecule has 0 aliphatic heterocycles. The van der Waals surface area contributed by atoms with Crippen LogP contribution in [0, 0.1) is 0 Å². The monoisotopic (exact) mass is 363 g/mol. The molecule has 2 rings (SSSR count). The maximum absolute atomic E-state index is 3.65. The highest BCUT2D eigenvalue weighted by Crippen LogP contribution is 2.32. The Bertz CT molecular complexity index is 600. The molecule has 1 nitrogen and oxygen atoms in total. The highest BCUT2D eigenvalue weighted by molar-refractivity contribution is 9.10. The lowest BCUT2D eigenvalue weighted by atomic mass is 9.87. The van der Waals surface area contributed by atoms with Gasteiger partial charge in [-0.2, -0.15) is 0 Å². The van der Waals surface area contributed by atoms with E-state index < -0.39 is 0 Å². The minimum atomic E-state index is 0.209. The van der Waals surface area contributed by atoms with Crippen LogP contribution in [0.1, 0.15) is 31.9 Å². The zero-order valence-corrected chi connectivity index (χ0v) is 15.4. The number of benzene rings is 2. The van der Waals surface area contributed by atoms with Crippen LogP contribution >= 0.6 is 27.7 Å². The largest absolute Gasteiger partial charge is 0.316 e. The van der Waals surface area contributed by atoms with Gasteiger partial charge in [-0.15, -0.1) is 0 Å². The van der Waals surface area contributed by atoms with Crippen LogP contribution in [0.15, 0.2) is 56.7 Å². The average Bonchev–Trinajstić information content (AvgIpc) is 2.42. The summed E-state index contributed by atoms with van der Waals surface area (Å²) in [6.07, 6.45) is 0. The van der Waals surface area contributed by atoms with Gasteiger partial charge in [0.1, 0.15) is 0 Å². The molecule has 0 unspecified atom stereocenters. The Balaban J connectivity index is 2.13. The quantitative estimate of drug-likeness (QED) is 0.756. The predicted octanol–water partition coefficient (Wildman–Crippen LogP) is 5.62. The van der Waals surface area contributed by atoms with E-state index in [1.54, 1.807) is 11.8 Å². The summed E-state index contributed by atoms with van der Waals surface area (Å²) in [5, 5.41) is 3.18. The van der Waals surface area contributed by atoms with Gasteiger partial charge in [0.25, 0.3) is 0 Å². The summed E-state index contributed by atoms with van der Waals surface area (Å²) in [4.78, 5) is 2.53. The number of halogens is 1. The second-order valence-corrected chi connectivity index (χ2v) is 8.16. The van der Waals surface area contributed by atoms with Gasteiger partial charge in [0.05, 0.1) is 0 Å². The van der Waals surface area contributed by atoms with E-state index in [0.717, 1.165) is 11.0 Å². The van der Waals surface area contributed by atoms with Gasteiger partial charge in [-0.25, -0.2) is 0 Å². The van der Waals surface area contributed by atoms with Gasteiger partial charge >= 0.3 is 0 Å². The summed E-state index contributed by atoms with van der Waals surface area (Å²) >= 11 is 5.44. The Hall–Kier alpha value is -0.770. The maximum Gasteiger partial charge on any atom is 0.0231 e. The van der Waals surface area contributed by atoms with Crippen LogP contribution in [0.3, 0.4) is 0 Å². The molecule has 21 heavy (non-hydrogen) atoms. The van der Waals surface area contributed by atoms with Crippen molar-refractivity contribution < 1.29 is 0 Å². The van der Waals surface area contributed by atoms with E-state index in [-0.39, 0.29) is 5.41 Å². The van der Waals surface area contributed by atoms with Crippen LogP contribution in [0.4, 0.5) is 0 Å². The van der Waals surface area contributed by atoms with Crippen LogP contribution in [-0.4, -0.2) is 7.05 Å². The van der Waals surface area contributed by atoms with Crippen LogP contribution in [0.25, 0.3) is 0 Å². The molecule has 0 saturated carbocycles. The molecule has 0 spiro atoms. The van der Waals surface area contributed by atoms with E-state index >= 15 is 0 Å². The number of rotatable bonds is 4. The van der Waals surface area contributed by atoms with Crippen LogP contribution < -0.4 is 5.32 Å². The first kappa shape index (κ1) is 16.6. The summed E-state index contributed by atoms with van der Waals surface area (Å²) in [5.41, 5.74) is 2.86. The molecular weight excluding hydrogens is 342 g/mol. The van der Waals surface area contributed by atoms with Gasteiger partial charge in [-0.3, -0.25) is 0 Å². The third-order valence-corrected chi connectivity index (χ3v) is 5.08. The summed E-state index contributed by atoms with van der Waals surface area (Å²) in [6.45, 7) is 7.61. The second-order valence-electron chi connectivity index (χ2n) is 6.16. The maximum atomic E-state index is 3.65. The molecule has 112 valence electrons. The van der Waals surface area contributed by atoms with Crippen molar-refractivity contribution in [2.75, 3.05) is 7.05 Å². The zero-order chi connectivity index (χ0) is 15.5. The highest BCUT2D eigenvalue weighted by Gasteiger charge is 2.13. The summed E-state index contributed by atoms with van der Waals surface area (Å²) in [6, 6.07) is 15.4. The molecule has 0 heterocycles. The average molecular weight is 364 g/mol. The lowest BCUT2D eigenvalue weighted by Gasteiger charge is -2.19. The van der Waals surface area contributed by atoms with E-state index in [2.05, 4.69) is 84.5 Å². The molecule has 2 aromatic rings. The molecule has 0 fully saturated rings. The molecule has 0 atom stereocenters. The minimum Gasteiger partial charge on any atom is -0.316 e. The van der Waals surface area contributed by atoms with Crippen molar-refractivity contribution in [2.45, 2.75) is 42.5 Å². The summed E-state index contributed by atoms with van der Waals surface area (Å²) < 4.78 is 1.16. The molecule has 3 heteroatoms. The molecule has 1 N–H and O–H groups in total. The Morgan fingerprint density at radius 1 is 1.00 bits per heavy atom. The standard InChI is InChI=1S/C18H22BrNS/c1-18(2,3)14-6-9-15(10-7-14)21-16-8-5-13(12-20-4)17(19)11-16/h5-11,20H,12H2,1-4H3. The number of hydrogen-bond donors (Lipinski definition) is 1. The van der Waals surface area contributed by atoms with Crippen LogP contribution in [0.2, 0.25) is 0 Å².